The molecule has 0 fully saturated rings. The lowest BCUT2D eigenvalue weighted by Crippen LogP contribution is -2.06. The van der Waals surface area contributed by atoms with Crippen molar-refractivity contribution < 1.29 is 0 Å². The quantitative estimate of drug-likeness (QED) is 0.565. The fourth-order valence-corrected chi connectivity index (χ4v) is 4.97. The van der Waals surface area contributed by atoms with Gasteiger partial charge in [-0.05, 0) is 47.7 Å². The molecule has 0 N–H and O–H groups in total. The largest absolute Gasteiger partial charge is 0.252 e. The SMILES string of the molecule is CCc1ccc(C2CC(C3=CC=CC3)=Nc3ccccc3S2)c(Cl)c1. The van der Waals surface area contributed by atoms with Crippen LogP contribution < -0.4 is 0 Å². The molecule has 1 aliphatic carbocycles. The average Bonchev–Trinajstić information content (AvgIpc) is 3.09. The summed E-state index contributed by atoms with van der Waals surface area (Å²) in [7, 11) is 0. The van der Waals surface area contributed by atoms with Crippen molar-refractivity contribution in [2.75, 3.05) is 0 Å². The molecule has 1 nitrogen and oxygen atoms in total. The van der Waals surface area contributed by atoms with Crippen molar-refractivity contribution in [3.63, 3.8) is 0 Å². The first-order valence-electron chi connectivity index (χ1n) is 8.72. The minimum atomic E-state index is 0.280. The maximum absolute atomic E-state index is 6.65. The third-order valence-electron chi connectivity index (χ3n) is 4.73. The predicted octanol–water partition coefficient (Wildman–Crippen LogP) is 7.10. The van der Waals surface area contributed by atoms with Gasteiger partial charge in [-0.15, -0.1) is 11.8 Å². The Bertz CT molecular complexity index is 895. The number of thioether (sulfide) groups is 1. The van der Waals surface area contributed by atoms with Gasteiger partial charge in [0.1, 0.15) is 0 Å². The average molecular weight is 366 g/mol. The van der Waals surface area contributed by atoms with Gasteiger partial charge in [-0.2, -0.15) is 0 Å². The monoisotopic (exact) mass is 365 g/mol. The van der Waals surface area contributed by atoms with Crippen molar-refractivity contribution >= 4 is 34.8 Å². The van der Waals surface area contributed by atoms with Gasteiger partial charge in [0.05, 0.1) is 5.69 Å². The van der Waals surface area contributed by atoms with Gasteiger partial charge in [0.25, 0.3) is 0 Å². The molecule has 2 aromatic rings. The van der Waals surface area contributed by atoms with Gasteiger partial charge < -0.3 is 0 Å². The standard InChI is InChI=1S/C22H20ClNS/c1-2-15-11-12-17(18(23)13-15)22-14-20(16-7-3-4-8-16)24-19-9-5-6-10-21(19)25-22/h3-7,9-13,22H,2,8,14H2,1H3. The van der Waals surface area contributed by atoms with Crippen LogP contribution in [0.5, 0.6) is 0 Å². The molecule has 0 saturated carbocycles. The molecule has 0 spiro atoms. The van der Waals surface area contributed by atoms with Crippen molar-refractivity contribution in [1.29, 1.82) is 0 Å². The van der Waals surface area contributed by atoms with E-state index in [0.717, 1.165) is 30.0 Å². The smallest absolute Gasteiger partial charge is 0.0769 e. The summed E-state index contributed by atoms with van der Waals surface area (Å²) in [5.74, 6) is 0. The number of aliphatic imine (C=N–C) groups is 1. The van der Waals surface area contributed by atoms with Crippen molar-refractivity contribution in [1.82, 2.24) is 0 Å². The first-order valence-corrected chi connectivity index (χ1v) is 9.98. The molecule has 4 rings (SSSR count). The Labute approximate surface area is 158 Å². The molecule has 0 radical (unpaired) electrons. The van der Waals surface area contributed by atoms with E-state index >= 15 is 0 Å². The van der Waals surface area contributed by atoms with E-state index in [2.05, 4.69) is 67.6 Å². The van der Waals surface area contributed by atoms with Crippen molar-refractivity contribution in [3.8, 4) is 0 Å². The lowest BCUT2D eigenvalue weighted by molar-refractivity contribution is 0.998. The number of hydrogen-bond acceptors (Lipinski definition) is 2. The zero-order valence-corrected chi connectivity index (χ0v) is 15.8. The van der Waals surface area contributed by atoms with E-state index in [1.807, 2.05) is 11.8 Å². The molecule has 3 heteroatoms. The zero-order valence-electron chi connectivity index (χ0n) is 14.2. The van der Waals surface area contributed by atoms with Gasteiger partial charge in [-0.1, -0.05) is 61.0 Å². The number of halogens is 1. The van der Waals surface area contributed by atoms with E-state index in [-0.39, 0.29) is 5.25 Å². The van der Waals surface area contributed by atoms with Gasteiger partial charge in [0.15, 0.2) is 0 Å². The van der Waals surface area contributed by atoms with E-state index in [4.69, 9.17) is 16.6 Å². The van der Waals surface area contributed by atoms with E-state index in [0.29, 0.717) is 0 Å². The third kappa shape index (κ3) is 3.47. The lowest BCUT2D eigenvalue weighted by atomic mass is 9.99. The number of fused-ring (bicyclic) bond motifs is 1. The topological polar surface area (TPSA) is 12.4 Å². The summed E-state index contributed by atoms with van der Waals surface area (Å²) in [5, 5.41) is 1.15. The molecule has 0 aromatic heterocycles. The highest BCUT2D eigenvalue weighted by Crippen LogP contribution is 2.47. The Morgan fingerprint density at radius 1 is 1.20 bits per heavy atom. The second-order valence-corrected chi connectivity index (χ2v) is 8.02. The second kappa shape index (κ2) is 7.23. The highest BCUT2D eigenvalue weighted by Gasteiger charge is 2.25. The van der Waals surface area contributed by atoms with Gasteiger partial charge >= 0.3 is 0 Å². The lowest BCUT2D eigenvalue weighted by Gasteiger charge is -2.18. The molecule has 1 atom stereocenters. The van der Waals surface area contributed by atoms with Crippen LogP contribution in [0.2, 0.25) is 5.02 Å². The number of benzene rings is 2. The molecular weight excluding hydrogens is 346 g/mol. The van der Waals surface area contributed by atoms with Gasteiger partial charge in [-0.3, -0.25) is 4.99 Å². The maximum Gasteiger partial charge on any atom is 0.0769 e. The van der Waals surface area contributed by atoms with Crippen LogP contribution in [-0.4, -0.2) is 5.71 Å². The Morgan fingerprint density at radius 2 is 2.08 bits per heavy atom. The number of hydrogen-bond donors (Lipinski definition) is 0. The van der Waals surface area contributed by atoms with Crippen molar-refractivity contribution in [2.45, 2.75) is 36.3 Å². The van der Waals surface area contributed by atoms with E-state index in [1.165, 1.54) is 27.3 Å². The summed E-state index contributed by atoms with van der Waals surface area (Å²) in [5.41, 5.74) is 6.06. The molecule has 25 heavy (non-hydrogen) atoms. The Hall–Kier alpha value is -1.77. The summed E-state index contributed by atoms with van der Waals surface area (Å²) in [6, 6.07) is 14.9. The summed E-state index contributed by atoms with van der Waals surface area (Å²) in [6.45, 7) is 2.16. The molecule has 2 aromatic carbocycles. The van der Waals surface area contributed by atoms with Crippen molar-refractivity contribution in [2.24, 2.45) is 4.99 Å². The fraction of sp³-hybridized carbons (Fsp3) is 0.227. The number of para-hydroxylation sites is 1. The van der Waals surface area contributed by atoms with E-state index in [1.54, 1.807) is 0 Å². The number of nitrogens with zero attached hydrogens (tertiary/aromatic N) is 1. The van der Waals surface area contributed by atoms with Crippen molar-refractivity contribution in [3.05, 3.63) is 82.4 Å². The normalized spacial score (nSPS) is 19.2. The molecule has 0 saturated heterocycles. The van der Waals surface area contributed by atoms with Crippen LogP contribution in [0.25, 0.3) is 0 Å². The minimum absolute atomic E-state index is 0.280. The van der Waals surface area contributed by atoms with Gasteiger partial charge in [0, 0.05) is 27.3 Å². The third-order valence-corrected chi connectivity index (χ3v) is 6.36. The highest BCUT2D eigenvalue weighted by molar-refractivity contribution is 7.99. The minimum Gasteiger partial charge on any atom is -0.252 e. The summed E-state index contributed by atoms with van der Waals surface area (Å²) in [6.07, 6.45) is 9.39. The van der Waals surface area contributed by atoms with E-state index in [9.17, 15) is 0 Å². The molecule has 0 bridgehead atoms. The number of rotatable bonds is 3. The van der Waals surface area contributed by atoms with Crippen LogP contribution in [-0.2, 0) is 6.42 Å². The first kappa shape index (κ1) is 16.7. The summed E-state index contributed by atoms with van der Waals surface area (Å²) >= 11 is 8.52. The molecule has 2 aliphatic rings. The fourth-order valence-electron chi connectivity index (χ4n) is 3.30. The van der Waals surface area contributed by atoms with Crippen LogP contribution in [0.3, 0.4) is 0 Å². The van der Waals surface area contributed by atoms with Crippen LogP contribution in [0.1, 0.15) is 36.1 Å². The summed E-state index contributed by atoms with van der Waals surface area (Å²) in [4.78, 5) is 6.23. The number of aryl methyl sites for hydroxylation is 1. The van der Waals surface area contributed by atoms with E-state index < -0.39 is 0 Å². The Balaban J connectivity index is 1.76. The maximum atomic E-state index is 6.65. The van der Waals surface area contributed by atoms with Crippen LogP contribution in [0.15, 0.2) is 76.2 Å². The molecule has 0 amide bonds. The molecule has 1 heterocycles. The molecule has 126 valence electrons. The van der Waals surface area contributed by atoms with Crippen LogP contribution >= 0.6 is 23.4 Å². The van der Waals surface area contributed by atoms with Crippen LogP contribution in [0, 0.1) is 0 Å². The molecule has 1 aliphatic heterocycles. The highest BCUT2D eigenvalue weighted by atomic mass is 35.5. The van der Waals surface area contributed by atoms with Gasteiger partial charge in [0.2, 0.25) is 0 Å². The first-order chi connectivity index (χ1) is 12.2. The second-order valence-electron chi connectivity index (χ2n) is 6.37. The Kier molecular flexibility index (Phi) is 4.82. The Morgan fingerprint density at radius 3 is 2.84 bits per heavy atom. The van der Waals surface area contributed by atoms with Gasteiger partial charge in [-0.25, -0.2) is 0 Å². The predicted molar refractivity (Wildman–Crippen MR) is 109 cm³/mol. The molecular formula is C22H20ClNS. The van der Waals surface area contributed by atoms with Crippen LogP contribution in [0.4, 0.5) is 5.69 Å². The summed E-state index contributed by atoms with van der Waals surface area (Å²) < 4.78 is 0. The zero-order chi connectivity index (χ0) is 17.2. The molecule has 1 unspecified atom stereocenters. The number of allylic oxidation sites excluding steroid dienone is 4.